The third kappa shape index (κ3) is 4.01. The smallest absolute Gasteiger partial charge is 0.251 e. The number of aryl methyl sites for hydroxylation is 1. The lowest BCUT2D eigenvalue weighted by molar-refractivity contribution is 0.0950. The summed E-state index contributed by atoms with van der Waals surface area (Å²) in [7, 11) is 0. The fourth-order valence-electron chi connectivity index (χ4n) is 3.41. The van der Waals surface area contributed by atoms with Crippen LogP contribution in [0.3, 0.4) is 0 Å². The van der Waals surface area contributed by atoms with Gasteiger partial charge in [0.15, 0.2) is 0 Å². The molecule has 0 spiro atoms. The highest BCUT2D eigenvalue weighted by molar-refractivity contribution is 5.96. The maximum absolute atomic E-state index is 14.5. The molecule has 1 aliphatic rings. The normalized spacial score (nSPS) is 13.2. The Balaban J connectivity index is 1.68. The number of hydrogen-bond acceptors (Lipinski definition) is 2. The molecule has 2 aromatic carbocycles. The molecule has 1 amide bonds. The molecule has 1 fully saturated rings. The Hall–Kier alpha value is -3.34. The summed E-state index contributed by atoms with van der Waals surface area (Å²) in [6, 6.07) is 12.9. The molecular formula is C25H22F2N2O. The van der Waals surface area contributed by atoms with E-state index in [1.165, 1.54) is 18.2 Å². The van der Waals surface area contributed by atoms with E-state index in [2.05, 4.69) is 16.9 Å². The highest BCUT2D eigenvalue weighted by Gasteiger charge is 2.25. The minimum atomic E-state index is -0.437. The molecule has 0 bridgehead atoms. The van der Waals surface area contributed by atoms with Gasteiger partial charge in [0.1, 0.15) is 11.6 Å². The van der Waals surface area contributed by atoms with Crippen molar-refractivity contribution in [3.63, 3.8) is 0 Å². The number of halogens is 2. The molecule has 0 aliphatic heterocycles. The lowest BCUT2D eigenvalue weighted by Crippen LogP contribution is -2.25. The van der Waals surface area contributed by atoms with Crippen LogP contribution in [0, 0.1) is 25.5 Å². The summed E-state index contributed by atoms with van der Waals surface area (Å²) in [5, 5.41) is 2.89. The van der Waals surface area contributed by atoms with Gasteiger partial charge in [-0.25, -0.2) is 8.78 Å². The van der Waals surface area contributed by atoms with Gasteiger partial charge >= 0.3 is 0 Å². The van der Waals surface area contributed by atoms with E-state index >= 15 is 0 Å². The largest absolute Gasteiger partial charge is 0.349 e. The molecule has 1 aromatic heterocycles. The molecule has 1 heterocycles. The van der Waals surface area contributed by atoms with E-state index in [0.717, 1.165) is 35.2 Å². The average Bonchev–Trinajstić information content (AvgIpc) is 3.54. The summed E-state index contributed by atoms with van der Waals surface area (Å²) in [5.41, 5.74) is 4.97. The second-order valence-corrected chi connectivity index (χ2v) is 7.69. The van der Waals surface area contributed by atoms with Crippen LogP contribution in [0.25, 0.3) is 16.8 Å². The number of carbonyl (C=O) groups is 1. The zero-order chi connectivity index (χ0) is 21.4. The quantitative estimate of drug-likeness (QED) is 0.602. The highest BCUT2D eigenvalue weighted by atomic mass is 19.1. The number of carbonyl (C=O) groups excluding carboxylic acids is 1. The Morgan fingerprint density at radius 3 is 2.37 bits per heavy atom. The van der Waals surface area contributed by atoms with Gasteiger partial charge in [0.2, 0.25) is 0 Å². The molecule has 0 atom stereocenters. The minimum Gasteiger partial charge on any atom is -0.349 e. The summed E-state index contributed by atoms with van der Waals surface area (Å²) >= 11 is 0. The van der Waals surface area contributed by atoms with Gasteiger partial charge in [0.25, 0.3) is 5.91 Å². The summed E-state index contributed by atoms with van der Waals surface area (Å²) in [6.07, 6.45) is 1.93. The van der Waals surface area contributed by atoms with Gasteiger partial charge < -0.3 is 5.32 Å². The zero-order valence-electron chi connectivity index (χ0n) is 16.9. The molecule has 5 heteroatoms. The van der Waals surface area contributed by atoms with E-state index in [1.807, 2.05) is 13.0 Å². The van der Waals surface area contributed by atoms with Gasteiger partial charge in [-0.1, -0.05) is 24.8 Å². The predicted molar refractivity (Wildman–Crippen MR) is 114 cm³/mol. The van der Waals surface area contributed by atoms with Crippen molar-refractivity contribution in [1.82, 2.24) is 10.3 Å². The highest BCUT2D eigenvalue weighted by Crippen LogP contribution is 2.30. The molecule has 3 aromatic rings. The summed E-state index contributed by atoms with van der Waals surface area (Å²) in [5.74, 6) is -1.01. The van der Waals surface area contributed by atoms with Crippen molar-refractivity contribution in [3.8, 4) is 11.3 Å². The molecule has 30 heavy (non-hydrogen) atoms. The topological polar surface area (TPSA) is 42.0 Å². The van der Waals surface area contributed by atoms with Crippen LogP contribution in [0.15, 0.2) is 55.1 Å². The first-order chi connectivity index (χ1) is 14.3. The van der Waals surface area contributed by atoms with Crippen LogP contribution in [-0.4, -0.2) is 16.9 Å². The van der Waals surface area contributed by atoms with Crippen molar-refractivity contribution >= 4 is 11.5 Å². The predicted octanol–water partition coefficient (Wildman–Crippen LogP) is 5.60. The molecule has 1 saturated carbocycles. The Morgan fingerprint density at radius 2 is 1.73 bits per heavy atom. The van der Waals surface area contributed by atoms with Crippen molar-refractivity contribution in [2.45, 2.75) is 32.7 Å². The lowest BCUT2D eigenvalue weighted by Gasteiger charge is -2.14. The fourth-order valence-corrected chi connectivity index (χ4v) is 3.41. The van der Waals surface area contributed by atoms with Crippen molar-refractivity contribution in [2.75, 3.05) is 0 Å². The Bertz CT molecular complexity index is 1150. The van der Waals surface area contributed by atoms with Crippen LogP contribution in [0.1, 0.15) is 45.6 Å². The van der Waals surface area contributed by atoms with Crippen LogP contribution in [0.4, 0.5) is 8.78 Å². The maximum Gasteiger partial charge on any atom is 0.251 e. The molecule has 3 nitrogen and oxygen atoms in total. The minimum absolute atomic E-state index is 0.197. The Kier molecular flexibility index (Phi) is 5.20. The number of hydrogen-bond donors (Lipinski definition) is 1. The van der Waals surface area contributed by atoms with Crippen molar-refractivity contribution < 1.29 is 13.6 Å². The van der Waals surface area contributed by atoms with Gasteiger partial charge in [-0.3, -0.25) is 9.78 Å². The van der Waals surface area contributed by atoms with E-state index < -0.39 is 5.82 Å². The van der Waals surface area contributed by atoms with Crippen LogP contribution < -0.4 is 5.32 Å². The van der Waals surface area contributed by atoms with Crippen LogP contribution in [0.2, 0.25) is 0 Å². The second kappa shape index (κ2) is 7.82. The molecule has 4 rings (SSSR count). The van der Waals surface area contributed by atoms with Crippen molar-refractivity contribution in [3.05, 3.63) is 94.7 Å². The lowest BCUT2D eigenvalue weighted by atomic mass is 9.96. The standard InChI is InChI=1S/C25H22F2N2O/c1-14(17-4-6-19(26)7-5-17)21-10-11-24(28-16(21)3)22-12-18(13-23(27)15(22)2)25(30)29-20-8-9-20/h4-7,10-13,20H,1,8-9H2,2-3H3,(H,29,30). The van der Waals surface area contributed by atoms with Crippen molar-refractivity contribution in [2.24, 2.45) is 0 Å². The van der Waals surface area contributed by atoms with Crippen LogP contribution >= 0.6 is 0 Å². The number of pyridine rings is 1. The summed E-state index contributed by atoms with van der Waals surface area (Å²) < 4.78 is 27.8. The number of amides is 1. The summed E-state index contributed by atoms with van der Waals surface area (Å²) in [6.45, 7) is 7.64. The average molecular weight is 404 g/mol. The Labute approximate surface area is 174 Å². The van der Waals surface area contributed by atoms with E-state index in [9.17, 15) is 13.6 Å². The number of nitrogens with zero attached hydrogens (tertiary/aromatic N) is 1. The SMILES string of the molecule is C=C(c1ccc(F)cc1)c1ccc(-c2cc(C(=O)NC3CC3)cc(F)c2C)nc1C. The van der Waals surface area contributed by atoms with Crippen LogP contribution in [-0.2, 0) is 0 Å². The first-order valence-corrected chi connectivity index (χ1v) is 9.87. The number of aromatic nitrogens is 1. The first kappa shape index (κ1) is 20.0. The van der Waals surface area contributed by atoms with E-state index in [0.29, 0.717) is 22.4 Å². The van der Waals surface area contributed by atoms with E-state index in [4.69, 9.17) is 0 Å². The van der Waals surface area contributed by atoms with E-state index in [-0.39, 0.29) is 17.8 Å². The first-order valence-electron chi connectivity index (χ1n) is 9.87. The molecule has 0 saturated heterocycles. The monoisotopic (exact) mass is 404 g/mol. The number of benzene rings is 2. The van der Waals surface area contributed by atoms with Gasteiger partial charge in [0, 0.05) is 28.4 Å². The molecule has 1 aliphatic carbocycles. The van der Waals surface area contributed by atoms with Crippen LogP contribution in [0.5, 0.6) is 0 Å². The third-order valence-electron chi connectivity index (χ3n) is 5.40. The molecule has 0 unspecified atom stereocenters. The van der Waals surface area contributed by atoms with Gasteiger partial charge in [-0.2, -0.15) is 0 Å². The number of nitrogens with one attached hydrogen (secondary N) is 1. The van der Waals surface area contributed by atoms with Gasteiger partial charge in [-0.15, -0.1) is 0 Å². The van der Waals surface area contributed by atoms with Gasteiger partial charge in [0.05, 0.1) is 5.69 Å². The third-order valence-corrected chi connectivity index (χ3v) is 5.40. The van der Waals surface area contributed by atoms with E-state index in [1.54, 1.807) is 31.2 Å². The Morgan fingerprint density at radius 1 is 1.03 bits per heavy atom. The molecular weight excluding hydrogens is 382 g/mol. The second-order valence-electron chi connectivity index (χ2n) is 7.69. The number of rotatable bonds is 5. The van der Waals surface area contributed by atoms with Gasteiger partial charge in [-0.05, 0) is 73.7 Å². The zero-order valence-corrected chi connectivity index (χ0v) is 16.9. The fraction of sp³-hybridized carbons (Fsp3) is 0.200. The molecule has 0 radical (unpaired) electrons. The maximum atomic E-state index is 14.5. The molecule has 152 valence electrons. The molecule has 1 N–H and O–H groups in total. The summed E-state index contributed by atoms with van der Waals surface area (Å²) in [4.78, 5) is 17.0. The van der Waals surface area contributed by atoms with Crippen molar-refractivity contribution in [1.29, 1.82) is 0 Å².